The molecule has 2 aliphatic carbocycles. The van der Waals surface area contributed by atoms with Crippen LogP contribution in [0.5, 0.6) is 0 Å². The van der Waals surface area contributed by atoms with Gasteiger partial charge in [-0.2, -0.15) is 0 Å². The number of hydrogen-bond donors (Lipinski definition) is 0. The molecule has 0 nitrogen and oxygen atoms in total. The Morgan fingerprint density at radius 2 is 0.962 bits per heavy atom. The first-order chi connectivity index (χ1) is 25.7. The van der Waals surface area contributed by atoms with E-state index in [1.807, 2.05) is 0 Å². The van der Waals surface area contributed by atoms with Crippen LogP contribution in [0.4, 0.5) is 0 Å². The Labute approximate surface area is 307 Å². The minimum absolute atomic E-state index is 1.09. The van der Waals surface area contributed by atoms with Crippen LogP contribution in [0, 0.1) is 13.8 Å². The largest absolute Gasteiger partial charge is 0.0842 e. The summed E-state index contributed by atoms with van der Waals surface area (Å²) in [5.41, 5.74) is 18.4. The van der Waals surface area contributed by atoms with Crippen molar-refractivity contribution in [2.45, 2.75) is 39.5 Å². The fraction of sp³-hybridized carbons (Fsp3) is 0.115. The zero-order valence-electron chi connectivity index (χ0n) is 30.0. The summed E-state index contributed by atoms with van der Waals surface area (Å²) in [5, 5.41) is 5.16. The fourth-order valence-electron chi connectivity index (χ4n) is 8.58. The molecule has 0 saturated heterocycles. The van der Waals surface area contributed by atoms with Gasteiger partial charge in [0.05, 0.1) is 0 Å². The molecule has 0 heteroatoms. The Bertz CT molecular complexity index is 2620. The standard InChI is InChI=1S/C52H42/c1-35-17-9-11-23-41(35)51-47-31-29-40(46-28-16-14-26-44(46)38-21-7-4-8-22-38)34-50(47)52(42-24-12-10-18-36(42)2)48-32-30-39(33-49(48)51)45-27-15-13-25-43(45)37-19-5-3-6-20-37/h3-7,9-13,15-21,23-25,27-34H,8,14,22,26H2,1-2H3. The smallest absolute Gasteiger partial charge is 0.00235 e. The zero-order chi connectivity index (χ0) is 35.0. The van der Waals surface area contributed by atoms with Gasteiger partial charge >= 0.3 is 0 Å². The number of fused-ring (bicyclic) bond motifs is 2. The monoisotopic (exact) mass is 666 g/mol. The first-order valence-electron chi connectivity index (χ1n) is 18.7. The summed E-state index contributed by atoms with van der Waals surface area (Å²) in [7, 11) is 0. The van der Waals surface area contributed by atoms with Crippen molar-refractivity contribution in [1.29, 1.82) is 0 Å². The van der Waals surface area contributed by atoms with Gasteiger partial charge in [-0.15, -0.1) is 0 Å². The van der Waals surface area contributed by atoms with Crippen molar-refractivity contribution in [3.63, 3.8) is 0 Å². The summed E-state index contributed by atoms with van der Waals surface area (Å²) < 4.78 is 0. The van der Waals surface area contributed by atoms with Crippen molar-refractivity contribution in [1.82, 2.24) is 0 Å². The lowest BCUT2D eigenvalue weighted by molar-refractivity contribution is 0.902. The summed E-state index contributed by atoms with van der Waals surface area (Å²) in [6, 6.07) is 51.9. The Kier molecular flexibility index (Phi) is 8.37. The highest BCUT2D eigenvalue weighted by atomic mass is 14.3. The van der Waals surface area contributed by atoms with Crippen molar-refractivity contribution in [3.05, 3.63) is 198 Å². The second-order valence-corrected chi connectivity index (χ2v) is 14.3. The van der Waals surface area contributed by atoms with E-state index in [1.54, 1.807) is 0 Å². The molecule has 0 unspecified atom stereocenters. The molecule has 0 atom stereocenters. The number of aryl methyl sites for hydroxylation is 2. The van der Waals surface area contributed by atoms with Crippen LogP contribution in [0.25, 0.3) is 71.6 Å². The summed E-state index contributed by atoms with van der Waals surface area (Å²) in [5.74, 6) is 0. The summed E-state index contributed by atoms with van der Waals surface area (Å²) in [6.45, 7) is 4.51. The first kappa shape index (κ1) is 32.0. The molecular weight excluding hydrogens is 625 g/mol. The van der Waals surface area contributed by atoms with Crippen LogP contribution in [-0.4, -0.2) is 0 Å². The topological polar surface area (TPSA) is 0 Å². The molecule has 0 aromatic heterocycles. The minimum atomic E-state index is 1.09. The van der Waals surface area contributed by atoms with Crippen LogP contribution in [0.2, 0.25) is 0 Å². The fourth-order valence-corrected chi connectivity index (χ4v) is 8.58. The van der Waals surface area contributed by atoms with E-state index in [4.69, 9.17) is 0 Å². The Morgan fingerprint density at radius 1 is 0.423 bits per heavy atom. The third kappa shape index (κ3) is 5.66. The average Bonchev–Trinajstić information content (AvgIpc) is 3.21. The van der Waals surface area contributed by atoms with Crippen molar-refractivity contribution in [3.8, 4) is 44.5 Å². The highest BCUT2D eigenvalue weighted by Gasteiger charge is 2.22. The molecule has 0 amide bonds. The van der Waals surface area contributed by atoms with E-state index in [1.165, 1.54) is 99.5 Å². The molecule has 9 rings (SSSR count). The van der Waals surface area contributed by atoms with Gasteiger partial charge in [0, 0.05) is 0 Å². The van der Waals surface area contributed by atoms with E-state index in [0.29, 0.717) is 0 Å². The Balaban J connectivity index is 1.39. The molecule has 2 aliphatic rings. The summed E-state index contributed by atoms with van der Waals surface area (Å²) in [6.07, 6.45) is 16.0. The normalized spacial score (nSPS) is 14.3. The SMILES string of the molecule is Cc1ccccc1-c1c2ccc(-c3ccccc3-c3ccccc3)cc2c(-c2ccccc2C)c2ccc(C3=C(C4=CC=CCC4)CCC=C3)cc12. The van der Waals surface area contributed by atoms with E-state index < -0.39 is 0 Å². The van der Waals surface area contributed by atoms with Crippen LogP contribution < -0.4 is 0 Å². The average molecular weight is 667 g/mol. The predicted molar refractivity (Wildman–Crippen MR) is 224 cm³/mol. The van der Waals surface area contributed by atoms with Crippen molar-refractivity contribution < 1.29 is 0 Å². The van der Waals surface area contributed by atoms with Crippen LogP contribution >= 0.6 is 0 Å². The summed E-state index contributed by atoms with van der Waals surface area (Å²) >= 11 is 0. The highest BCUT2D eigenvalue weighted by Crippen LogP contribution is 2.48. The maximum Gasteiger partial charge on any atom is -0.00235 e. The lowest BCUT2D eigenvalue weighted by atomic mass is 9.80. The maximum absolute atomic E-state index is 2.50. The van der Waals surface area contributed by atoms with Crippen molar-refractivity contribution >= 4 is 27.1 Å². The molecule has 0 bridgehead atoms. The third-order valence-corrected chi connectivity index (χ3v) is 11.2. The van der Waals surface area contributed by atoms with Gasteiger partial charge in [0.25, 0.3) is 0 Å². The lowest BCUT2D eigenvalue weighted by Crippen LogP contribution is -2.01. The van der Waals surface area contributed by atoms with Gasteiger partial charge in [-0.1, -0.05) is 158 Å². The van der Waals surface area contributed by atoms with Gasteiger partial charge in [-0.25, -0.2) is 0 Å². The quantitative estimate of drug-likeness (QED) is 0.155. The maximum atomic E-state index is 2.50. The second kappa shape index (κ2) is 13.6. The van der Waals surface area contributed by atoms with Crippen LogP contribution in [0.15, 0.2) is 181 Å². The van der Waals surface area contributed by atoms with E-state index in [0.717, 1.165) is 25.7 Å². The highest BCUT2D eigenvalue weighted by molar-refractivity contribution is 6.23. The molecule has 7 aromatic rings. The molecule has 52 heavy (non-hydrogen) atoms. The molecule has 0 saturated carbocycles. The molecular formula is C52H42. The molecule has 0 heterocycles. The number of benzene rings is 7. The molecule has 0 aliphatic heterocycles. The second-order valence-electron chi connectivity index (χ2n) is 14.3. The minimum Gasteiger partial charge on any atom is -0.0842 e. The number of rotatable bonds is 6. The van der Waals surface area contributed by atoms with Gasteiger partial charge in [0.15, 0.2) is 0 Å². The van der Waals surface area contributed by atoms with Crippen molar-refractivity contribution in [2.24, 2.45) is 0 Å². The molecule has 0 N–H and O–H groups in total. The first-order valence-corrected chi connectivity index (χ1v) is 18.7. The van der Waals surface area contributed by atoms with Gasteiger partial charge in [0.2, 0.25) is 0 Å². The van der Waals surface area contributed by atoms with Gasteiger partial charge in [-0.3, -0.25) is 0 Å². The van der Waals surface area contributed by atoms with Crippen LogP contribution in [-0.2, 0) is 0 Å². The van der Waals surface area contributed by atoms with E-state index in [-0.39, 0.29) is 0 Å². The molecule has 0 spiro atoms. The van der Waals surface area contributed by atoms with E-state index in [2.05, 4.69) is 184 Å². The number of allylic oxidation sites excluding steroid dienone is 8. The Hall–Kier alpha value is -5.98. The molecule has 250 valence electrons. The van der Waals surface area contributed by atoms with Crippen molar-refractivity contribution in [2.75, 3.05) is 0 Å². The van der Waals surface area contributed by atoms with Gasteiger partial charge < -0.3 is 0 Å². The molecule has 0 fully saturated rings. The summed E-state index contributed by atoms with van der Waals surface area (Å²) in [4.78, 5) is 0. The van der Waals surface area contributed by atoms with Crippen LogP contribution in [0.3, 0.4) is 0 Å². The molecule has 7 aromatic carbocycles. The zero-order valence-corrected chi connectivity index (χ0v) is 30.0. The third-order valence-electron chi connectivity index (χ3n) is 11.2. The van der Waals surface area contributed by atoms with Gasteiger partial charge in [-0.05, 0) is 151 Å². The van der Waals surface area contributed by atoms with E-state index >= 15 is 0 Å². The Morgan fingerprint density at radius 3 is 1.58 bits per heavy atom. The predicted octanol–water partition coefficient (Wildman–Crippen LogP) is 14.7. The van der Waals surface area contributed by atoms with E-state index in [9.17, 15) is 0 Å². The van der Waals surface area contributed by atoms with Crippen LogP contribution in [0.1, 0.15) is 42.4 Å². The number of hydrogen-bond acceptors (Lipinski definition) is 0. The molecule has 0 radical (unpaired) electrons. The van der Waals surface area contributed by atoms with Gasteiger partial charge in [0.1, 0.15) is 0 Å². The lowest BCUT2D eigenvalue weighted by Gasteiger charge is -2.23.